The smallest absolute Gasteiger partial charge is 0.339 e. The van der Waals surface area contributed by atoms with Gasteiger partial charge < -0.3 is 20.4 Å². The van der Waals surface area contributed by atoms with E-state index in [1.807, 2.05) is 42.5 Å². The molecule has 1 aromatic carbocycles. The number of benzene rings is 1. The summed E-state index contributed by atoms with van der Waals surface area (Å²) in [5, 5.41) is 11.3. The minimum Gasteiger partial charge on any atom is -0.339 e. The monoisotopic (exact) mass is 595 g/mol. The van der Waals surface area contributed by atoms with E-state index in [2.05, 4.69) is 20.6 Å². The van der Waals surface area contributed by atoms with Crippen LogP contribution in [0, 0.1) is 0 Å². The first kappa shape index (κ1) is 29.2. The fourth-order valence-electron chi connectivity index (χ4n) is 6.55. The van der Waals surface area contributed by atoms with Gasteiger partial charge >= 0.3 is 6.18 Å². The number of amides is 2. The fraction of sp³-hybridized carbons (Fsp3) is 0.484. The van der Waals surface area contributed by atoms with Gasteiger partial charge in [0.15, 0.2) is 5.65 Å². The molecule has 0 radical (unpaired) electrons. The van der Waals surface area contributed by atoms with Crippen molar-refractivity contribution >= 4 is 34.7 Å². The number of rotatable bonds is 6. The molecule has 43 heavy (non-hydrogen) atoms. The summed E-state index contributed by atoms with van der Waals surface area (Å²) in [6, 6.07) is 11.2. The second-order valence-electron chi connectivity index (χ2n) is 11.7. The molecule has 2 fully saturated rings. The number of fused-ring (bicyclic) bond motifs is 1. The number of carbonyl (C=O) groups excluding carboxylic acids is 2. The molecule has 5 heterocycles. The Kier molecular flexibility index (Phi) is 8.13. The van der Waals surface area contributed by atoms with Crippen LogP contribution in [0.15, 0.2) is 48.7 Å². The zero-order chi connectivity index (χ0) is 30.0. The Bertz CT molecular complexity index is 1500. The third-order valence-corrected chi connectivity index (χ3v) is 8.82. The molecule has 9 nitrogen and oxygen atoms in total. The summed E-state index contributed by atoms with van der Waals surface area (Å²) in [7, 11) is 0. The third-order valence-electron chi connectivity index (χ3n) is 8.82. The largest absolute Gasteiger partial charge is 0.389 e. The standard InChI is InChI=1S/C31H36F3N7O2/c32-31(33,34)15-10-26(42)39-19-11-22(12-20-39)25-5-3-18-41-27(25)37-29(38-41)36-24-8-6-23(7-9-24)28(43)40-17-2-1-13-30(40)14-4-16-35-21-30/h3,5-9,11,18,35H,1-2,4,10,12-17,19-21H2,(H,36,38). The molecule has 3 aromatic rings. The van der Waals surface area contributed by atoms with Gasteiger partial charge in [-0.15, -0.1) is 5.10 Å². The molecule has 1 unspecified atom stereocenters. The molecule has 228 valence electrons. The van der Waals surface area contributed by atoms with E-state index in [-0.39, 0.29) is 18.0 Å². The number of nitrogens with zero attached hydrogens (tertiary/aromatic N) is 5. The van der Waals surface area contributed by atoms with Crippen molar-refractivity contribution in [2.24, 2.45) is 0 Å². The molecule has 0 bridgehead atoms. The van der Waals surface area contributed by atoms with E-state index in [0.717, 1.165) is 68.6 Å². The predicted molar refractivity (Wildman–Crippen MR) is 157 cm³/mol. The molecule has 2 saturated heterocycles. The minimum atomic E-state index is -4.34. The van der Waals surface area contributed by atoms with E-state index in [9.17, 15) is 22.8 Å². The second kappa shape index (κ2) is 12.0. The average molecular weight is 596 g/mol. The highest BCUT2D eigenvalue weighted by Gasteiger charge is 2.42. The Hall–Kier alpha value is -3.93. The average Bonchev–Trinajstić information content (AvgIpc) is 3.43. The predicted octanol–water partition coefficient (Wildman–Crippen LogP) is 5.18. The maximum absolute atomic E-state index is 13.6. The first-order chi connectivity index (χ1) is 20.7. The molecule has 1 spiro atoms. The Morgan fingerprint density at radius 3 is 2.58 bits per heavy atom. The van der Waals surface area contributed by atoms with Crippen molar-refractivity contribution in [1.29, 1.82) is 0 Å². The molecule has 0 saturated carbocycles. The zero-order valence-corrected chi connectivity index (χ0v) is 24.0. The van der Waals surface area contributed by atoms with Crippen molar-refractivity contribution in [2.45, 2.75) is 63.1 Å². The Labute approximate surface area is 248 Å². The number of piperidine rings is 2. The quantitative estimate of drug-likeness (QED) is 0.408. The van der Waals surface area contributed by atoms with Crippen molar-refractivity contribution in [1.82, 2.24) is 29.7 Å². The summed E-state index contributed by atoms with van der Waals surface area (Å²) in [5.74, 6) is -0.0177. The molecule has 3 aliphatic rings. The van der Waals surface area contributed by atoms with Crippen LogP contribution in [0.5, 0.6) is 0 Å². The molecule has 2 N–H and O–H groups in total. The SMILES string of the molecule is O=C(CCC(F)(F)F)N1CC=C(c2cccn3nc(Nc4ccc(C(=O)N5CCCCC56CCCNC6)cc4)nc23)CC1. The normalized spacial score (nSPS) is 21.2. The van der Waals surface area contributed by atoms with Crippen molar-refractivity contribution in [3.63, 3.8) is 0 Å². The van der Waals surface area contributed by atoms with Gasteiger partial charge in [-0.25, -0.2) is 4.52 Å². The van der Waals surface area contributed by atoms with Crippen LogP contribution in [0.2, 0.25) is 0 Å². The Balaban J connectivity index is 1.13. The summed E-state index contributed by atoms with van der Waals surface area (Å²) >= 11 is 0. The summed E-state index contributed by atoms with van der Waals surface area (Å²) in [6.07, 6.45) is 3.55. The van der Waals surface area contributed by atoms with Crippen LogP contribution in [0.1, 0.15) is 67.3 Å². The molecule has 2 aromatic heterocycles. The van der Waals surface area contributed by atoms with E-state index in [1.54, 1.807) is 10.7 Å². The van der Waals surface area contributed by atoms with Crippen molar-refractivity contribution in [3.05, 3.63) is 59.8 Å². The van der Waals surface area contributed by atoms with E-state index in [4.69, 9.17) is 4.98 Å². The first-order valence-corrected chi connectivity index (χ1v) is 15.0. The molecular weight excluding hydrogens is 559 g/mol. The highest BCUT2D eigenvalue weighted by Crippen LogP contribution is 2.35. The van der Waals surface area contributed by atoms with E-state index in [1.165, 1.54) is 4.90 Å². The number of anilines is 2. The molecule has 1 atom stereocenters. The van der Waals surface area contributed by atoms with Crippen molar-refractivity contribution in [3.8, 4) is 0 Å². The number of carbonyl (C=O) groups is 2. The molecule has 12 heteroatoms. The lowest BCUT2D eigenvalue weighted by Gasteiger charge is -2.49. The van der Waals surface area contributed by atoms with Gasteiger partial charge in [0.05, 0.1) is 12.0 Å². The summed E-state index contributed by atoms with van der Waals surface area (Å²) in [6.45, 7) is 3.26. The highest BCUT2D eigenvalue weighted by atomic mass is 19.4. The van der Waals surface area contributed by atoms with E-state index in [0.29, 0.717) is 30.1 Å². The van der Waals surface area contributed by atoms with Gasteiger partial charge in [-0.2, -0.15) is 18.2 Å². The van der Waals surface area contributed by atoms with Crippen LogP contribution in [0.25, 0.3) is 11.2 Å². The van der Waals surface area contributed by atoms with Gasteiger partial charge in [0.1, 0.15) is 0 Å². The number of likely N-dealkylation sites (tertiary alicyclic amines) is 1. The molecular formula is C31H36F3N7O2. The van der Waals surface area contributed by atoms with Crippen LogP contribution in [0.3, 0.4) is 0 Å². The zero-order valence-electron chi connectivity index (χ0n) is 24.0. The first-order valence-electron chi connectivity index (χ1n) is 15.0. The molecule has 3 aliphatic heterocycles. The van der Waals surface area contributed by atoms with Crippen LogP contribution in [0.4, 0.5) is 24.8 Å². The van der Waals surface area contributed by atoms with Crippen molar-refractivity contribution in [2.75, 3.05) is 38.0 Å². The number of alkyl halides is 3. The fourth-order valence-corrected chi connectivity index (χ4v) is 6.55. The lowest BCUT2D eigenvalue weighted by molar-refractivity contribution is -0.148. The van der Waals surface area contributed by atoms with Gasteiger partial charge in [0.25, 0.3) is 5.91 Å². The Morgan fingerprint density at radius 1 is 1.05 bits per heavy atom. The van der Waals surface area contributed by atoms with Gasteiger partial charge in [-0.1, -0.05) is 6.08 Å². The van der Waals surface area contributed by atoms with E-state index >= 15 is 0 Å². The van der Waals surface area contributed by atoms with Gasteiger partial charge in [-0.3, -0.25) is 9.59 Å². The van der Waals surface area contributed by atoms with Crippen LogP contribution < -0.4 is 10.6 Å². The highest BCUT2D eigenvalue weighted by molar-refractivity contribution is 5.95. The lowest BCUT2D eigenvalue weighted by Crippen LogP contribution is -2.61. The van der Waals surface area contributed by atoms with Crippen molar-refractivity contribution < 1.29 is 22.8 Å². The number of halogens is 3. The minimum absolute atomic E-state index is 0.0758. The van der Waals surface area contributed by atoms with Crippen LogP contribution in [-0.2, 0) is 4.79 Å². The lowest BCUT2D eigenvalue weighted by atomic mass is 9.80. The maximum Gasteiger partial charge on any atom is 0.389 e. The molecule has 0 aliphatic carbocycles. The van der Waals surface area contributed by atoms with Crippen LogP contribution in [-0.4, -0.2) is 80.7 Å². The van der Waals surface area contributed by atoms with Gasteiger partial charge in [-0.05, 0) is 87.0 Å². The summed E-state index contributed by atoms with van der Waals surface area (Å²) < 4.78 is 39.2. The van der Waals surface area contributed by atoms with E-state index < -0.39 is 24.9 Å². The topological polar surface area (TPSA) is 94.9 Å². The summed E-state index contributed by atoms with van der Waals surface area (Å²) in [4.78, 5) is 34.0. The number of hydrogen-bond donors (Lipinski definition) is 2. The van der Waals surface area contributed by atoms with Gasteiger partial charge in [0.2, 0.25) is 11.9 Å². The molecule has 2 amide bonds. The Morgan fingerprint density at radius 2 is 1.86 bits per heavy atom. The second-order valence-corrected chi connectivity index (χ2v) is 11.7. The maximum atomic E-state index is 13.6. The third kappa shape index (κ3) is 6.39. The van der Waals surface area contributed by atoms with Crippen LogP contribution >= 0.6 is 0 Å². The molecule has 6 rings (SSSR count). The summed E-state index contributed by atoms with van der Waals surface area (Å²) in [5.41, 5.74) is 3.80. The number of aromatic nitrogens is 3. The van der Waals surface area contributed by atoms with Gasteiger partial charge in [0, 0.05) is 55.6 Å². The number of nitrogens with one attached hydrogen (secondary N) is 2. The number of hydrogen-bond acceptors (Lipinski definition) is 6. The number of pyridine rings is 1.